The lowest BCUT2D eigenvalue weighted by molar-refractivity contribution is 0.0472. The number of hydrogen-bond donors (Lipinski definition) is 1. The van der Waals surface area contributed by atoms with Crippen molar-refractivity contribution in [3.8, 4) is 0 Å². The van der Waals surface area contributed by atoms with Gasteiger partial charge in [0.1, 0.15) is 6.61 Å². The molecule has 2 rings (SSSR count). The summed E-state index contributed by atoms with van der Waals surface area (Å²) in [6.07, 6.45) is 3.43. The molecule has 0 atom stereocenters. The summed E-state index contributed by atoms with van der Waals surface area (Å²) in [6, 6.07) is 8.64. The molecule has 4 heteroatoms. The standard InChI is InChI=1S/C14H14N2O2/c1-10-5-11(8-16-7-10)9-18-14(17)12-3-2-4-13(15)6-12/h2-8H,9,15H2,1H3. The highest BCUT2D eigenvalue weighted by Gasteiger charge is 2.07. The number of aromatic nitrogens is 1. The zero-order valence-electron chi connectivity index (χ0n) is 10.1. The molecule has 1 heterocycles. The molecular formula is C14H14N2O2. The van der Waals surface area contributed by atoms with Crippen LogP contribution in [0.25, 0.3) is 0 Å². The number of nitrogens with zero attached hydrogens (tertiary/aromatic N) is 1. The van der Waals surface area contributed by atoms with Gasteiger partial charge < -0.3 is 10.5 Å². The number of aryl methyl sites for hydroxylation is 1. The Morgan fingerprint density at radius 1 is 1.33 bits per heavy atom. The summed E-state index contributed by atoms with van der Waals surface area (Å²) in [7, 11) is 0. The van der Waals surface area contributed by atoms with Crippen LogP contribution >= 0.6 is 0 Å². The Kier molecular flexibility index (Phi) is 3.57. The average molecular weight is 242 g/mol. The molecule has 92 valence electrons. The number of hydrogen-bond acceptors (Lipinski definition) is 4. The first-order valence-corrected chi connectivity index (χ1v) is 5.58. The molecular weight excluding hydrogens is 228 g/mol. The maximum Gasteiger partial charge on any atom is 0.338 e. The monoisotopic (exact) mass is 242 g/mol. The van der Waals surface area contributed by atoms with Gasteiger partial charge in [-0.2, -0.15) is 0 Å². The fraction of sp³-hybridized carbons (Fsp3) is 0.143. The smallest absolute Gasteiger partial charge is 0.338 e. The van der Waals surface area contributed by atoms with E-state index in [2.05, 4.69) is 4.98 Å². The highest BCUT2D eigenvalue weighted by atomic mass is 16.5. The van der Waals surface area contributed by atoms with Crippen molar-refractivity contribution in [3.05, 3.63) is 59.4 Å². The van der Waals surface area contributed by atoms with Crippen molar-refractivity contribution in [2.24, 2.45) is 0 Å². The van der Waals surface area contributed by atoms with Crippen LogP contribution in [0.1, 0.15) is 21.5 Å². The van der Waals surface area contributed by atoms with E-state index in [0.717, 1.165) is 11.1 Å². The van der Waals surface area contributed by atoms with E-state index in [4.69, 9.17) is 10.5 Å². The van der Waals surface area contributed by atoms with Crippen LogP contribution in [0.5, 0.6) is 0 Å². The predicted octanol–water partition coefficient (Wildman–Crippen LogP) is 2.33. The van der Waals surface area contributed by atoms with E-state index in [-0.39, 0.29) is 12.6 Å². The first kappa shape index (κ1) is 12.1. The molecule has 0 unspecified atom stereocenters. The van der Waals surface area contributed by atoms with Gasteiger partial charge in [0.2, 0.25) is 0 Å². The SMILES string of the molecule is Cc1cncc(COC(=O)c2cccc(N)c2)c1. The van der Waals surface area contributed by atoms with Crippen molar-refractivity contribution in [1.29, 1.82) is 0 Å². The third-order valence-corrected chi connectivity index (χ3v) is 2.42. The number of carbonyl (C=O) groups excluding carboxylic acids is 1. The number of carbonyl (C=O) groups is 1. The quantitative estimate of drug-likeness (QED) is 0.662. The predicted molar refractivity (Wildman–Crippen MR) is 68.9 cm³/mol. The third kappa shape index (κ3) is 3.07. The van der Waals surface area contributed by atoms with Crippen LogP contribution in [0, 0.1) is 6.92 Å². The average Bonchev–Trinajstić information content (AvgIpc) is 2.36. The molecule has 0 aliphatic heterocycles. The molecule has 18 heavy (non-hydrogen) atoms. The molecule has 1 aromatic carbocycles. The Bertz CT molecular complexity index is 567. The van der Waals surface area contributed by atoms with Crippen LogP contribution in [0.15, 0.2) is 42.7 Å². The van der Waals surface area contributed by atoms with Crippen LogP contribution in [-0.2, 0) is 11.3 Å². The highest BCUT2D eigenvalue weighted by molar-refractivity contribution is 5.90. The minimum Gasteiger partial charge on any atom is -0.457 e. The molecule has 0 saturated carbocycles. The molecule has 0 saturated heterocycles. The Balaban J connectivity index is 2.00. The summed E-state index contributed by atoms with van der Waals surface area (Å²) in [5.74, 6) is -0.385. The van der Waals surface area contributed by atoms with Gasteiger partial charge in [-0.25, -0.2) is 4.79 Å². The molecule has 1 aromatic heterocycles. The van der Waals surface area contributed by atoms with Gasteiger partial charge in [0, 0.05) is 23.6 Å². The van der Waals surface area contributed by atoms with Crippen molar-refractivity contribution < 1.29 is 9.53 Å². The van der Waals surface area contributed by atoms with Gasteiger partial charge in [0.25, 0.3) is 0 Å². The van der Waals surface area contributed by atoms with E-state index >= 15 is 0 Å². The summed E-state index contributed by atoms with van der Waals surface area (Å²) in [6.45, 7) is 2.15. The van der Waals surface area contributed by atoms with Crippen molar-refractivity contribution in [2.45, 2.75) is 13.5 Å². The molecule has 0 aliphatic carbocycles. The molecule has 0 radical (unpaired) electrons. The minimum absolute atomic E-state index is 0.211. The summed E-state index contributed by atoms with van der Waals surface area (Å²) in [5.41, 5.74) is 8.51. The van der Waals surface area contributed by atoms with Gasteiger partial charge in [0.15, 0.2) is 0 Å². The number of anilines is 1. The maximum absolute atomic E-state index is 11.8. The second-order valence-electron chi connectivity index (χ2n) is 4.07. The molecule has 0 spiro atoms. The Labute approximate surface area is 105 Å². The first-order chi connectivity index (χ1) is 8.65. The Hall–Kier alpha value is -2.36. The lowest BCUT2D eigenvalue weighted by Crippen LogP contribution is -2.06. The number of pyridine rings is 1. The van der Waals surface area contributed by atoms with Crippen LogP contribution in [0.3, 0.4) is 0 Å². The number of benzene rings is 1. The van der Waals surface area contributed by atoms with Crippen molar-refractivity contribution in [1.82, 2.24) is 4.98 Å². The molecule has 0 aliphatic rings. The zero-order valence-corrected chi connectivity index (χ0v) is 10.1. The van der Waals surface area contributed by atoms with Crippen LogP contribution < -0.4 is 5.73 Å². The fourth-order valence-electron chi connectivity index (χ4n) is 1.59. The fourth-order valence-corrected chi connectivity index (χ4v) is 1.59. The molecule has 0 bridgehead atoms. The summed E-state index contributed by atoms with van der Waals surface area (Å²) in [5, 5.41) is 0. The number of esters is 1. The Morgan fingerprint density at radius 3 is 2.89 bits per heavy atom. The lowest BCUT2D eigenvalue weighted by atomic mass is 10.2. The number of nitrogens with two attached hydrogens (primary N) is 1. The van der Waals surface area contributed by atoms with Crippen molar-refractivity contribution >= 4 is 11.7 Å². The maximum atomic E-state index is 11.8. The van der Waals surface area contributed by atoms with Crippen LogP contribution in [0.2, 0.25) is 0 Å². The number of rotatable bonds is 3. The highest BCUT2D eigenvalue weighted by Crippen LogP contribution is 2.10. The second-order valence-corrected chi connectivity index (χ2v) is 4.07. The van der Waals surface area contributed by atoms with Gasteiger partial charge in [-0.15, -0.1) is 0 Å². The molecule has 0 fully saturated rings. The van der Waals surface area contributed by atoms with Gasteiger partial charge in [-0.1, -0.05) is 6.07 Å². The number of nitrogen functional groups attached to an aromatic ring is 1. The largest absolute Gasteiger partial charge is 0.457 e. The van der Waals surface area contributed by atoms with E-state index in [1.165, 1.54) is 0 Å². The van der Waals surface area contributed by atoms with Gasteiger partial charge in [0.05, 0.1) is 5.56 Å². The molecule has 4 nitrogen and oxygen atoms in total. The second kappa shape index (κ2) is 5.31. The minimum atomic E-state index is -0.385. The summed E-state index contributed by atoms with van der Waals surface area (Å²) in [4.78, 5) is 15.8. The molecule has 0 amide bonds. The van der Waals surface area contributed by atoms with E-state index in [1.807, 2.05) is 13.0 Å². The third-order valence-electron chi connectivity index (χ3n) is 2.42. The van der Waals surface area contributed by atoms with Crippen LogP contribution in [-0.4, -0.2) is 11.0 Å². The molecule has 2 aromatic rings. The van der Waals surface area contributed by atoms with Crippen LogP contribution in [0.4, 0.5) is 5.69 Å². The van der Waals surface area contributed by atoms with E-state index in [0.29, 0.717) is 11.3 Å². The lowest BCUT2D eigenvalue weighted by Gasteiger charge is -2.05. The normalized spacial score (nSPS) is 10.1. The topological polar surface area (TPSA) is 65.2 Å². The van der Waals surface area contributed by atoms with Crippen molar-refractivity contribution in [3.63, 3.8) is 0 Å². The summed E-state index contributed by atoms with van der Waals surface area (Å²) >= 11 is 0. The van der Waals surface area contributed by atoms with Gasteiger partial charge >= 0.3 is 5.97 Å². The van der Waals surface area contributed by atoms with Gasteiger partial charge in [-0.3, -0.25) is 4.98 Å². The van der Waals surface area contributed by atoms with Gasteiger partial charge in [-0.05, 0) is 36.8 Å². The van der Waals surface area contributed by atoms with E-state index in [9.17, 15) is 4.79 Å². The number of ether oxygens (including phenoxy) is 1. The zero-order chi connectivity index (χ0) is 13.0. The summed E-state index contributed by atoms with van der Waals surface area (Å²) < 4.78 is 5.19. The first-order valence-electron chi connectivity index (χ1n) is 5.58. The Morgan fingerprint density at radius 2 is 2.17 bits per heavy atom. The molecule has 2 N–H and O–H groups in total. The van der Waals surface area contributed by atoms with Crippen molar-refractivity contribution in [2.75, 3.05) is 5.73 Å². The van der Waals surface area contributed by atoms with E-state index in [1.54, 1.807) is 36.7 Å². The van der Waals surface area contributed by atoms with E-state index < -0.39 is 0 Å².